The molecule has 2 amide bonds. The van der Waals surface area contributed by atoms with Gasteiger partial charge in [-0.05, 0) is 63.2 Å². The van der Waals surface area contributed by atoms with Gasteiger partial charge in [-0.25, -0.2) is 4.79 Å². The van der Waals surface area contributed by atoms with E-state index in [9.17, 15) is 19.5 Å². The van der Waals surface area contributed by atoms with Crippen molar-refractivity contribution in [2.75, 3.05) is 10.2 Å². The van der Waals surface area contributed by atoms with Crippen LogP contribution in [0.1, 0.15) is 31.1 Å². The molecule has 8 heteroatoms. The summed E-state index contributed by atoms with van der Waals surface area (Å²) >= 11 is 3.33. The molecule has 28 heavy (non-hydrogen) atoms. The SMILES string of the molecule is CC(C(=O)Nc1ccc(Br)cc1)N1C(=O)C(C)(C)Oc2ccc(C(=O)O)cc21. The standard InChI is InChI=1S/C20H19BrN2O5/c1-11(17(24)22-14-7-5-13(21)6-8-14)23-15-10-12(18(25)26)4-9-16(15)28-20(2,3)19(23)27/h4-11H,1-3H3,(H,22,24)(H,25,26). The number of nitrogens with one attached hydrogen (secondary N) is 1. The summed E-state index contributed by atoms with van der Waals surface area (Å²) in [6.07, 6.45) is 0. The molecule has 0 aromatic heterocycles. The topological polar surface area (TPSA) is 95.9 Å². The van der Waals surface area contributed by atoms with Gasteiger partial charge in [-0.15, -0.1) is 0 Å². The van der Waals surface area contributed by atoms with Gasteiger partial charge in [0.2, 0.25) is 5.91 Å². The highest BCUT2D eigenvalue weighted by Gasteiger charge is 2.44. The summed E-state index contributed by atoms with van der Waals surface area (Å²) in [5.41, 5.74) is -0.355. The lowest BCUT2D eigenvalue weighted by Gasteiger charge is -2.41. The molecule has 0 spiro atoms. The zero-order valence-electron chi connectivity index (χ0n) is 15.5. The lowest BCUT2D eigenvalue weighted by molar-refractivity contribution is -0.134. The second kappa shape index (κ2) is 7.27. The number of aromatic carboxylic acids is 1. The predicted molar refractivity (Wildman–Crippen MR) is 108 cm³/mol. The first kappa shape index (κ1) is 19.9. The Morgan fingerprint density at radius 3 is 2.43 bits per heavy atom. The normalized spacial score (nSPS) is 16.0. The Hall–Kier alpha value is -2.87. The van der Waals surface area contributed by atoms with Crippen LogP contribution in [0.25, 0.3) is 0 Å². The number of carbonyl (C=O) groups excluding carboxylic acids is 2. The van der Waals surface area contributed by atoms with Gasteiger partial charge in [0.25, 0.3) is 5.91 Å². The average Bonchev–Trinajstić information content (AvgIpc) is 2.63. The third kappa shape index (κ3) is 3.73. The van der Waals surface area contributed by atoms with E-state index < -0.39 is 29.4 Å². The highest BCUT2D eigenvalue weighted by Crippen LogP contribution is 2.39. The van der Waals surface area contributed by atoms with Crippen LogP contribution in [0, 0.1) is 0 Å². The Labute approximate surface area is 170 Å². The smallest absolute Gasteiger partial charge is 0.335 e. The third-order valence-electron chi connectivity index (χ3n) is 4.44. The van der Waals surface area contributed by atoms with Crippen molar-refractivity contribution < 1.29 is 24.2 Å². The molecule has 146 valence electrons. The van der Waals surface area contributed by atoms with E-state index in [1.807, 2.05) is 0 Å². The van der Waals surface area contributed by atoms with Crippen molar-refractivity contribution in [1.82, 2.24) is 0 Å². The minimum Gasteiger partial charge on any atom is -0.478 e. The lowest BCUT2D eigenvalue weighted by Crippen LogP contribution is -2.58. The van der Waals surface area contributed by atoms with E-state index >= 15 is 0 Å². The number of nitrogens with zero attached hydrogens (tertiary/aromatic N) is 1. The second-order valence-corrected chi connectivity index (χ2v) is 7.86. The first-order chi connectivity index (χ1) is 13.1. The van der Waals surface area contributed by atoms with Crippen molar-refractivity contribution in [3.63, 3.8) is 0 Å². The quantitative estimate of drug-likeness (QED) is 0.746. The monoisotopic (exact) mass is 446 g/mol. The van der Waals surface area contributed by atoms with Crippen molar-refractivity contribution in [3.05, 3.63) is 52.5 Å². The summed E-state index contributed by atoms with van der Waals surface area (Å²) in [6.45, 7) is 4.80. The molecular weight excluding hydrogens is 428 g/mol. The van der Waals surface area contributed by atoms with Gasteiger partial charge < -0.3 is 15.2 Å². The van der Waals surface area contributed by atoms with Gasteiger partial charge in [0, 0.05) is 10.2 Å². The van der Waals surface area contributed by atoms with Crippen LogP contribution in [0.3, 0.4) is 0 Å². The molecular formula is C20H19BrN2O5. The van der Waals surface area contributed by atoms with Crippen LogP contribution in [0.2, 0.25) is 0 Å². The van der Waals surface area contributed by atoms with Gasteiger partial charge >= 0.3 is 5.97 Å². The van der Waals surface area contributed by atoms with Crippen LogP contribution in [0.4, 0.5) is 11.4 Å². The minimum atomic E-state index is -1.19. The number of rotatable bonds is 4. The van der Waals surface area contributed by atoms with Crippen LogP contribution in [0.15, 0.2) is 46.9 Å². The number of ether oxygens (including phenoxy) is 1. The van der Waals surface area contributed by atoms with E-state index in [0.717, 1.165) is 4.47 Å². The summed E-state index contributed by atoms with van der Waals surface area (Å²) in [5.74, 6) is -1.62. The van der Waals surface area contributed by atoms with Crippen molar-refractivity contribution >= 4 is 45.1 Å². The molecule has 0 bridgehead atoms. The molecule has 1 atom stereocenters. The maximum Gasteiger partial charge on any atom is 0.335 e. The fourth-order valence-corrected chi connectivity index (χ4v) is 3.19. The Kier molecular flexibility index (Phi) is 5.16. The molecule has 2 N–H and O–H groups in total. The lowest BCUT2D eigenvalue weighted by atomic mass is 10.0. The molecule has 0 saturated heterocycles. The van der Waals surface area contributed by atoms with Crippen LogP contribution in [-0.2, 0) is 9.59 Å². The third-order valence-corrected chi connectivity index (χ3v) is 4.97. The summed E-state index contributed by atoms with van der Waals surface area (Å²) in [4.78, 5) is 38.4. The number of fused-ring (bicyclic) bond motifs is 1. The number of carboxylic acid groups (broad SMARTS) is 1. The number of hydrogen-bond acceptors (Lipinski definition) is 4. The predicted octanol–water partition coefficient (Wildman–Crippen LogP) is 3.68. The van der Waals surface area contributed by atoms with Crippen molar-refractivity contribution in [2.24, 2.45) is 0 Å². The number of amides is 2. The molecule has 7 nitrogen and oxygen atoms in total. The summed E-state index contributed by atoms with van der Waals surface area (Å²) in [6, 6.07) is 10.4. The van der Waals surface area contributed by atoms with Gasteiger partial charge in [-0.1, -0.05) is 15.9 Å². The zero-order valence-corrected chi connectivity index (χ0v) is 17.1. The van der Waals surface area contributed by atoms with Gasteiger partial charge in [0.15, 0.2) is 5.60 Å². The van der Waals surface area contributed by atoms with E-state index in [1.165, 1.54) is 23.1 Å². The van der Waals surface area contributed by atoms with Gasteiger partial charge in [0.1, 0.15) is 11.8 Å². The molecule has 0 fully saturated rings. The first-order valence-electron chi connectivity index (χ1n) is 8.56. The van der Waals surface area contributed by atoms with E-state index in [0.29, 0.717) is 11.4 Å². The molecule has 0 aliphatic carbocycles. The number of halogens is 1. The zero-order chi connectivity index (χ0) is 20.6. The number of carbonyl (C=O) groups is 3. The summed E-state index contributed by atoms with van der Waals surface area (Å²) < 4.78 is 6.61. The van der Waals surface area contributed by atoms with Crippen LogP contribution in [-0.4, -0.2) is 34.5 Å². The van der Waals surface area contributed by atoms with Gasteiger partial charge in [-0.3, -0.25) is 14.5 Å². The number of benzene rings is 2. The first-order valence-corrected chi connectivity index (χ1v) is 9.36. The fourth-order valence-electron chi connectivity index (χ4n) is 2.92. The molecule has 3 rings (SSSR count). The fraction of sp³-hybridized carbons (Fsp3) is 0.250. The van der Waals surface area contributed by atoms with E-state index in [4.69, 9.17) is 4.74 Å². The van der Waals surface area contributed by atoms with Crippen LogP contribution in [0.5, 0.6) is 5.75 Å². The van der Waals surface area contributed by atoms with Crippen LogP contribution < -0.4 is 15.0 Å². The molecule has 2 aromatic carbocycles. The second-order valence-electron chi connectivity index (χ2n) is 6.95. The molecule has 1 aliphatic rings. The van der Waals surface area contributed by atoms with Gasteiger partial charge in [-0.2, -0.15) is 0 Å². The maximum absolute atomic E-state index is 13.0. The Morgan fingerprint density at radius 2 is 1.82 bits per heavy atom. The highest BCUT2D eigenvalue weighted by atomic mass is 79.9. The summed E-state index contributed by atoms with van der Waals surface area (Å²) in [7, 11) is 0. The maximum atomic E-state index is 13.0. The number of anilines is 2. The summed E-state index contributed by atoms with van der Waals surface area (Å²) in [5, 5.41) is 12.1. The van der Waals surface area contributed by atoms with E-state index in [-0.39, 0.29) is 11.3 Å². The Bertz CT molecular complexity index is 956. The largest absolute Gasteiger partial charge is 0.478 e. The Morgan fingerprint density at radius 1 is 1.18 bits per heavy atom. The van der Waals surface area contributed by atoms with E-state index in [2.05, 4.69) is 21.2 Å². The number of carboxylic acids is 1. The molecule has 0 radical (unpaired) electrons. The average molecular weight is 447 g/mol. The Balaban J connectivity index is 1.97. The molecule has 1 aliphatic heterocycles. The van der Waals surface area contributed by atoms with Crippen LogP contribution >= 0.6 is 15.9 Å². The van der Waals surface area contributed by atoms with Gasteiger partial charge in [0.05, 0.1) is 11.3 Å². The molecule has 2 aromatic rings. The molecule has 0 saturated carbocycles. The van der Waals surface area contributed by atoms with Crippen molar-refractivity contribution in [3.8, 4) is 5.75 Å². The minimum absolute atomic E-state index is 0.000346. The molecule has 1 heterocycles. The molecule has 1 unspecified atom stereocenters. The number of hydrogen-bond donors (Lipinski definition) is 2. The van der Waals surface area contributed by atoms with Crippen molar-refractivity contribution in [1.29, 1.82) is 0 Å². The van der Waals surface area contributed by atoms with E-state index in [1.54, 1.807) is 45.0 Å². The van der Waals surface area contributed by atoms with Crippen molar-refractivity contribution in [2.45, 2.75) is 32.4 Å². The highest BCUT2D eigenvalue weighted by molar-refractivity contribution is 9.10.